The van der Waals surface area contributed by atoms with Gasteiger partial charge in [0.1, 0.15) is 6.73 Å². The Hall–Kier alpha value is -2.06. The van der Waals surface area contributed by atoms with Crippen LogP contribution in [0.2, 0.25) is 0 Å². The third-order valence-electron chi connectivity index (χ3n) is 5.74. The van der Waals surface area contributed by atoms with Crippen LogP contribution in [0.5, 0.6) is 0 Å². The Balaban J connectivity index is 1.62. The normalized spacial score (nSPS) is 16.1. The standard InChI is InChI=1S/C22H36N6O3S/c23-18-26-22(24)28(21-11-13-25-14-12-21)16-8-3-1-2-7-15-27(32(29)30)19-31-17-20-9-5-4-6-10-20/h11-14,20H,1-10,15-17,19H2,(H2,24,26)(H,29,30). The Morgan fingerprint density at radius 3 is 2.50 bits per heavy atom. The number of pyridine rings is 1. The van der Waals surface area contributed by atoms with Crippen LogP contribution in [0.25, 0.3) is 0 Å². The number of guanidine groups is 1. The van der Waals surface area contributed by atoms with E-state index >= 15 is 0 Å². The van der Waals surface area contributed by atoms with Crippen molar-refractivity contribution in [2.24, 2.45) is 16.6 Å². The first kappa shape index (κ1) is 26.2. The van der Waals surface area contributed by atoms with E-state index in [1.165, 1.54) is 36.4 Å². The van der Waals surface area contributed by atoms with E-state index in [2.05, 4.69) is 9.98 Å². The van der Waals surface area contributed by atoms with Crippen LogP contribution >= 0.6 is 0 Å². The Labute approximate surface area is 194 Å². The number of hydrogen-bond donors (Lipinski definition) is 2. The van der Waals surface area contributed by atoms with Gasteiger partial charge in [0.05, 0.1) is 6.61 Å². The molecule has 1 heterocycles. The Morgan fingerprint density at radius 1 is 1.19 bits per heavy atom. The van der Waals surface area contributed by atoms with Crippen LogP contribution in [-0.2, 0) is 16.0 Å². The second-order valence-corrected chi connectivity index (χ2v) is 9.11. The zero-order chi connectivity index (χ0) is 23.0. The zero-order valence-electron chi connectivity index (χ0n) is 18.8. The van der Waals surface area contributed by atoms with Crippen molar-refractivity contribution in [3.63, 3.8) is 0 Å². The molecule has 0 bridgehead atoms. The fourth-order valence-electron chi connectivity index (χ4n) is 3.96. The number of aromatic nitrogens is 1. The maximum atomic E-state index is 11.6. The van der Waals surface area contributed by atoms with Crippen LogP contribution < -0.4 is 10.6 Å². The van der Waals surface area contributed by atoms with Crippen molar-refractivity contribution in [1.82, 2.24) is 9.29 Å². The first-order valence-corrected chi connectivity index (χ1v) is 12.5. The number of anilines is 1. The highest BCUT2D eigenvalue weighted by atomic mass is 32.2. The molecule has 1 fully saturated rings. The van der Waals surface area contributed by atoms with E-state index in [9.17, 15) is 8.76 Å². The molecule has 0 radical (unpaired) electrons. The van der Waals surface area contributed by atoms with E-state index in [0.29, 0.717) is 25.6 Å². The number of nitrogens with two attached hydrogens (primary N) is 1. The average molecular weight is 465 g/mol. The molecule has 9 nitrogen and oxygen atoms in total. The number of ether oxygens (including phenoxy) is 1. The minimum Gasteiger partial charge on any atom is -0.369 e. The lowest BCUT2D eigenvalue weighted by molar-refractivity contribution is 0.0374. The monoisotopic (exact) mass is 464 g/mol. The molecule has 1 aliphatic carbocycles. The van der Waals surface area contributed by atoms with Crippen LogP contribution in [0, 0.1) is 17.4 Å². The van der Waals surface area contributed by atoms with Gasteiger partial charge in [-0.2, -0.15) is 9.57 Å². The summed E-state index contributed by atoms with van der Waals surface area (Å²) in [6, 6.07) is 3.67. The van der Waals surface area contributed by atoms with Crippen molar-refractivity contribution >= 4 is 22.9 Å². The van der Waals surface area contributed by atoms with Crippen LogP contribution in [0.15, 0.2) is 29.5 Å². The largest absolute Gasteiger partial charge is 0.369 e. The number of aliphatic imine (C=N–C) groups is 1. The lowest BCUT2D eigenvalue weighted by atomic mass is 9.90. The average Bonchev–Trinajstić information content (AvgIpc) is 2.81. The van der Waals surface area contributed by atoms with Crippen molar-refractivity contribution in [3.05, 3.63) is 24.5 Å². The highest BCUT2D eigenvalue weighted by Gasteiger charge is 2.16. The molecule has 10 heteroatoms. The summed E-state index contributed by atoms with van der Waals surface area (Å²) in [5, 5.41) is 8.80. The van der Waals surface area contributed by atoms with Gasteiger partial charge < -0.3 is 15.4 Å². The Kier molecular flexibility index (Phi) is 12.8. The van der Waals surface area contributed by atoms with E-state index < -0.39 is 11.3 Å². The minimum absolute atomic E-state index is 0.174. The molecule has 0 amide bonds. The van der Waals surface area contributed by atoms with E-state index in [1.54, 1.807) is 18.6 Å². The topological polar surface area (TPSA) is 128 Å². The molecule has 3 N–H and O–H groups in total. The summed E-state index contributed by atoms with van der Waals surface area (Å²) in [7, 11) is 0. The molecule has 178 valence electrons. The van der Waals surface area contributed by atoms with Crippen LogP contribution in [0.1, 0.15) is 64.2 Å². The second-order valence-electron chi connectivity index (χ2n) is 8.13. The van der Waals surface area contributed by atoms with Crippen molar-refractivity contribution in [2.75, 3.05) is 31.3 Å². The fraction of sp³-hybridized carbons (Fsp3) is 0.682. The smallest absolute Gasteiger partial charge is 0.236 e. The first-order chi connectivity index (χ1) is 15.6. The summed E-state index contributed by atoms with van der Waals surface area (Å²) < 4.78 is 28.3. The lowest BCUT2D eigenvalue weighted by Crippen LogP contribution is -2.38. The molecule has 2 rings (SSSR count). The minimum atomic E-state index is -2.01. The van der Waals surface area contributed by atoms with Gasteiger partial charge in [-0.1, -0.05) is 38.5 Å². The van der Waals surface area contributed by atoms with Gasteiger partial charge in [-0.05, 0) is 43.7 Å². The second kappa shape index (κ2) is 15.7. The molecule has 0 saturated heterocycles. The van der Waals surface area contributed by atoms with Gasteiger partial charge in [-0.3, -0.25) is 9.54 Å². The summed E-state index contributed by atoms with van der Waals surface area (Å²) in [5.74, 6) is 0.768. The number of unbranched alkanes of at least 4 members (excludes halogenated alkanes) is 4. The first-order valence-electron chi connectivity index (χ1n) is 11.4. The Morgan fingerprint density at radius 2 is 1.84 bits per heavy atom. The molecule has 0 aromatic carbocycles. The van der Waals surface area contributed by atoms with E-state index in [1.807, 2.05) is 17.0 Å². The zero-order valence-corrected chi connectivity index (χ0v) is 19.6. The van der Waals surface area contributed by atoms with Crippen molar-refractivity contribution < 1.29 is 13.5 Å². The quantitative estimate of drug-likeness (QED) is 0.107. The van der Waals surface area contributed by atoms with E-state index in [-0.39, 0.29) is 12.7 Å². The molecule has 32 heavy (non-hydrogen) atoms. The molecule has 0 aliphatic heterocycles. The number of hydrogen-bond acceptors (Lipinski definition) is 5. The molecule has 1 aliphatic rings. The molecule has 1 aromatic heterocycles. The molecule has 1 unspecified atom stereocenters. The molecular formula is C22H36N6O3S. The predicted octanol–water partition coefficient (Wildman–Crippen LogP) is 3.63. The summed E-state index contributed by atoms with van der Waals surface area (Å²) >= 11 is -2.01. The molecule has 0 spiro atoms. The molecule has 1 saturated carbocycles. The van der Waals surface area contributed by atoms with E-state index in [4.69, 9.17) is 15.7 Å². The van der Waals surface area contributed by atoms with Crippen LogP contribution in [0.3, 0.4) is 0 Å². The SMILES string of the molecule is N#CN=C(N)N(CCCCCCCN(COCC1CCCCC1)S(=O)O)c1ccncc1. The summed E-state index contributed by atoms with van der Waals surface area (Å²) in [6.07, 6.45) is 16.0. The highest BCUT2D eigenvalue weighted by molar-refractivity contribution is 7.76. The van der Waals surface area contributed by atoms with Gasteiger partial charge in [0.15, 0.2) is 0 Å². The van der Waals surface area contributed by atoms with Gasteiger partial charge in [0.2, 0.25) is 23.4 Å². The van der Waals surface area contributed by atoms with Crippen LogP contribution in [-0.4, -0.2) is 50.4 Å². The van der Waals surface area contributed by atoms with Gasteiger partial charge in [0.25, 0.3) is 0 Å². The third kappa shape index (κ3) is 10.0. The number of nitriles is 1. The van der Waals surface area contributed by atoms with Crippen molar-refractivity contribution in [1.29, 1.82) is 5.26 Å². The maximum Gasteiger partial charge on any atom is 0.236 e. The summed E-state index contributed by atoms with van der Waals surface area (Å²) in [6.45, 7) is 2.08. The van der Waals surface area contributed by atoms with Crippen molar-refractivity contribution in [3.8, 4) is 6.19 Å². The molecule has 1 aromatic rings. The van der Waals surface area contributed by atoms with Gasteiger partial charge in [0, 0.05) is 31.2 Å². The van der Waals surface area contributed by atoms with Gasteiger partial charge in [-0.25, -0.2) is 4.21 Å². The molecular weight excluding hydrogens is 428 g/mol. The molecule has 1 atom stereocenters. The predicted molar refractivity (Wildman–Crippen MR) is 127 cm³/mol. The van der Waals surface area contributed by atoms with Crippen molar-refractivity contribution in [2.45, 2.75) is 64.2 Å². The van der Waals surface area contributed by atoms with E-state index in [0.717, 1.165) is 37.8 Å². The summed E-state index contributed by atoms with van der Waals surface area (Å²) in [4.78, 5) is 9.47. The Bertz CT molecular complexity index is 737. The number of nitrogens with zero attached hydrogens (tertiary/aromatic N) is 5. The third-order valence-corrected chi connectivity index (χ3v) is 6.47. The number of rotatable bonds is 14. The fourth-order valence-corrected chi connectivity index (χ4v) is 4.41. The van der Waals surface area contributed by atoms with Gasteiger partial charge in [-0.15, -0.1) is 4.99 Å². The van der Waals surface area contributed by atoms with Gasteiger partial charge >= 0.3 is 0 Å². The highest BCUT2D eigenvalue weighted by Crippen LogP contribution is 2.23. The lowest BCUT2D eigenvalue weighted by Gasteiger charge is -2.23. The summed E-state index contributed by atoms with van der Waals surface area (Å²) in [5.41, 5.74) is 6.79. The maximum absolute atomic E-state index is 11.6. The van der Waals surface area contributed by atoms with Crippen LogP contribution in [0.4, 0.5) is 5.69 Å².